The van der Waals surface area contributed by atoms with Gasteiger partial charge in [-0.25, -0.2) is 4.68 Å². The Morgan fingerprint density at radius 1 is 1.55 bits per heavy atom. The van der Waals surface area contributed by atoms with Crippen molar-refractivity contribution in [2.75, 3.05) is 11.9 Å². The lowest BCUT2D eigenvalue weighted by molar-refractivity contribution is -0.384. The lowest BCUT2D eigenvalue weighted by Gasteiger charge is -2.24. The fourth-order valence-electron chi connectivity index (χ4n) is 2.12. The third-order valence-electron chi connectivity index (χ3n) is 3.26. The highest BCUT2D eigenvalue weighted by molar-refractivity contribution is 7.10. The van der Waals surface area contributed by atoms with E-state index in [0.29, 0.717) is 18.1 Å². The van der Waals surface area contributed by atoms with Gasteiger partial charge in [0.05, 0.1) is 4.92 Å². The Hall–Kier alpha value is -1.89. The van der Waals surface area contributed by atoms with Crippen LogP contribution in [0.4, 0.5) is 11.5 Å². The van der Waals surface area contributed by atoms with Crippen molar-refractivity contribution in [1.29, 1.82) is 0 Å². The largest absolute Gasteiger partial charge is 0.364 e. The highest BCUT2D eigenvalue weighted by atomic mass is 32.1. The number of aryl methyl sites for hydroxylation is 2. The zero-order valence-corrected chi connectivity index (χ0v) is 12.8. The molecule has 108 valence electrons. The number of nitro groups is 1. The first-order valence-electron chi connectivity index (χ1n) is 6.29. The molecule has 0 saturated carbocycles. The Bertz CT molecular complexity index is 617. The van der Waals surface area contributed by atoms with E-state index in [1.165, 1.54) is 9.56 Å². The second kappa shape index (κ2) is 5.24. The molecule has 1 N–H and O–H groups in total. The molecule has 0 radical (unpaired) electrons. The number of aromatic nitrogens is 2. The summed E-state index contributed by atoms with van der Waals surface area (Å²) < 4.78 is 1.53. The van der Waals surface area contributed by atoms with Crippen LogP contribution in [0, 0.1) is 17.0 Å². The summed E-state index contributed by atoms with van der Waals surface area (Å²) in [5.41, 5.74) is 0.378. The van der Waals surface area contributed by atoms with Crippen molar-refractivity contribution in [3.8, 4) is 0 Å². The van der Waals surface area contributed by atoms with Crippen LogP contribution in [0.1, 0.15) is 24.4 Å². The molecule has 6 nitrogen and oxygen atoms in total. The Kier molecular flexibility index (Phi) is 3.80. The quantitative estimate of drug-likeness (QED) is 0.679. The molecule has 2 heterocycles. The topological polar surface area (TPSA) is 73.0 Å². The molecule has 20 heavy (non-hydrogen) atoms. The number of thiophene rings is 1. The molecule has 0 aliphatic heterocycles. The van der Waals surface area contributed by atoms with Crippen molar-refractivity contribution < 1.29 is 4.92 Å². The lowest BCUT2D eigenvalue weighted by Crippen LogP contribution is -2.27. The molecule has 2 rings (SSSR count). The number of nitrogens with one attached hydrogen (secondary N) is 1. The zero-order chi connectivity index (χ0) is 14.9. The summed E-state index contributed by atoms with van der Waals surface area (Å²) >= 11 is 1.69. The van der Waals surface area contributed by atoms with Gasteiger partial charge in [-0.15, -0.1) is 11.3 Å². The fourth-order valence-corrected chi connectivity index (χ4v) is 2.97. The normalized spacial score (nSPS) is 11.6. The molecular formula is C13H18N4O2S. The first kappa shape index (κ1) is 14.5. The van der Waals surface area contributed by atoms with Gasteiger partial charge in [0.2, 0.25) is 5.82 Å². The Balaban J connectivity index is 2.22. The average molecular weight is 294 g/mol. The summed E-state index contributed by atoms with van der Waals surface area (Å²) in [5, 5.41) is 20.4. The van der Waals surface area contributed by atoms with Crippen LogP contribution in [0.2, 0.25) is 0 Å². The van der Waals surface area contributed by atoms with E-state index in [1.807, 2.05) is 11.4 Å². The van der Waals surface area contributed by atoms with Crippen molar-refractivity contribution in [2.24, 2.45) is 7.05 Å². The van der Waals surface area contributed by atoms with Crippen molar-refractivity contribution in [3.63, 3.8) is 0 Å². The molecule has 0 aromatic carbocycles. The number of hydrogen-bond donors (Lipinski definition) is 1. The van der Waals surface area contributed by atoms with E-state index in [-0.39, 0.29) is 16.0 Å². The maximum atomic E-state index is 11.1. The molecule has 0 fully saturated rings. The van der Waals surface area contributed by atoms with Gasteiger partial charge in [0, 0.05) is 23.9 Å². The molecule has 0 saturated heterocycles. The van der Waals surface area contributed by atoms with E-state index in [2.05, 4.69) is 30.3 Å². The highest BCUT2D eigenvalue weighted by Crippen LogP contribution is 2.31. The maximum Gasteiger partial charge on any atom is 0.333 e. The van der Waals surface area contributed by atoms with Crippen LogP contribution < -0.4 is 5.32 Å². The van der Waals surface area contributed by atoms with E-state index in [4.69, 9.17) is 0 Å². The third-order valence-corrected chi connectivity index (χ3v) is 4.49. The minimum Gasteiger partial charge on any atom is -0.364 e. The first-order chi connectivity index (χ1) is 9.33. The summed E-state index contributed by atoms with van der Waals surface area (Å²) in [5.74, 6) is 0.456. The monoisotopic (exact) mass is 294 g/mol. The minimum absolute atomic E-state index is 0.0504. The number of rotatable bonds is 5. The Morgan fingerprint density at radius 2 is 2.25 bits per heavy atom. The highest BCUT2D eigenvalue weighted by Gasteiger charge is 2.27. The van der Waals surface area contributed by atoms with Gasteiger partial charge >= 0.3 is 5.69 Å². The van der Waals surface area contributed by atoms with Gasteiger partial charge in [0.25, 0.3) is 0 Å². The summed E-state index contributed by atoms with van der Waals surface area (Å²) in [7, 11) is 1.71. The summed E-state index contributed by atoms with van der Waals surface area (Å²) in [6, 6.07) is 4.09. The van der Waals surface area contributed by atoms with Crippen LogP contribution in [-0.2, 0) is 12.5 Å². The SMILES string of the molecule is Cc1nn(C)c(NCC(C)(C)c2cccs2)c1[N+](=O)[O-]. The molecule has 2 aromatic rings. The predicted molar refractivity (Wildman–Crippen MR) is 80.4 cm³/mol. The molecular weight excluding hydrogens is 276 g/mol. The van der Waals surface area contributed by atoms with Crippen LogP contribution in [0.25, 0.3) is 0 Å². The number of anilines is 1. The van der Waals surface area contributed by atoms with Gasteiger partial charge in [-0.05, 0) is 18.4 Å². The van der Waals surface area contributed by atoms with Gasteiger partial charge < -0.3 is 5.32 Å². The molecule has 0 spiro atoms. The molecule has 0 unspecified atom stereocenters. The third kappa shape index (κ3) is 2.67. The van der Waals surface area contributed by atoms with Crippen molar-refractivity contribution in [3.05, 3.63) is 38.2 Å². The van der Waals surface area contributed by atoms with Crippen LogP contribution in [0.5, 0.6) is 0 Å². The first-order valence-corrected chi connectivity index (χ1v) is 7.17. The molecule has 0 aliphatic rings. The molecule has 2 aromatic heterocycles. The maximum absolute atomic E-state index is 11.1. The van der Waals surface area contributed by atoms with Crippen LogP contribution in [-0.4, -0.2) is 21.2 Å². The summed E-state index contributed by atoms with van der Waals surface area (Å²) in [4.78, 5) is 12.0. The molecule has 0 aliphatic carbocycles. The molecule has 7 heteroatoms. The van der Waals surface area contributed by atoms with Crippen molar-refractivity contribution in [1.82, 2.24) is 9.78 Å². The zero-order valence-electron chi connectivity index (χ0n) is 12.0. The standard InChI is InChI=1S/C13H18N4O2S/c1-9-11(17(18)19)12(16(4)15-9)14-8-13(2,3)10-6-5-7-20-10/h5-7,14H,8H2,1-4H3. The van der Waals surface area contributed by atoms with Gasteiger partial charge in [0.1, 0.15) is 5.69 Å². The average Bonchev–Trinajstić information content (AvgIpc) is 2.94. The van der Waals surface area contributed by atoms with Crippen LogP contribution >= 0.6 is 11.3 Å². The number of hydrogen-bond acceptors (Lipinski definition) is 5. The lowest BCUT2D eigenvalue weighted by atomic mass is 9.91. The second-order valence-electron chi connectivity index (χ2n) is 5.38. The van der Waals surface area contributed by atoms with Gasteiger partial charge in [-0.3, -0.25) is 10.1 Å². The smallest absolute Gasteiger partial charge is 0.333 e. The Morgan fingerprint density at radius 3 is 2.80 bits per heavy atom. The fraction of sp³-hybridized carbons (Fsp3) is 0.462. The van der Waals surface area contributed by atoms with Gasteiger partial charge in [0.15, 0.2) is 0 Å². The van der Waals surface area contributed by atoms with E-state index >= 15 is 0 Å². The van der Waals surface area contributed by atoms with E-state index < -0.39 is 0 Å². The molecule has 0 bridgehead atoms. The summed E-state index contributed by atoms with van der Waals surface area (Å²) in [6.07, 6.45) is 0. The van der Waals surface area contributed by atoms with Crippen LogP contribution in [0.3, 0.4) is 0 Å². The van der Waals surface area contributed by atoms with E-state index in [1.54, 1.807) is 25.3 Å². The van der Waals surface area contributed by atoms with E-state index in [0.717, 1.165) is 0 Å². The predicted octanol–water partition coefficient (Wildman–Crippen LogP) is 3.09. The van der Waals surface area contributed by atoms with Gasteiger partial charge in [-0.2, -0.15) is 5.10 Å². The second-order valence-corrected chi connectivity index (χ2v) is 6.33. The van der Waals surface area contributed by atoms with E-state index in [9.17, 15) is 10.1 Å². The molecule has 0 amide bonds. The molecule has 0 atom stereocenters. The Labute approximate surface area is 121 Å². The van der Waals surface area contributed by atoms with Gasteiger partial charge in [-0.1, -0.05) is 19.9 Å². The summed E-state index contributed by atoms with van der Waals surface area (Å²) in [6.45, 7) is 6.48. The van der Waals surface area contributed by atoms with Crippen molar-refractivity contribution >= 4 is 22.8 Å². The van der Waals surface area contributed by atoms with Crippen molar-refractivity contribution in [2.45, 2.75) is 26.2 Å². The minimum atomic E-state index is -0.386. The van der Waals surface area contributed by atoms with Crippen LogP contribution in [0.15, 0.2) is 17.5 Å². The number of nitrogens with zero attached hydrogens (tertiary/aromatic N) is 3.